The summed E-state index contributed by atoms with van der Waals surface area (Å²) in [6.45, 7) is 5.87. The molecule has 0 spiro atoms. The zero-order valence-corrected chi connectivity index (χ0v) is 15.1. The van der Waals surface area contributed by atoms with Crippen LogP contribution in [-0.2, 0) is 14.4 Å². The number of hydrogen-bond acceptors (Lipinski definition) is 6. The fourth-order valence-corrected chi connectivity index (χ4v) is 2.29. The Bertz CT molecular complexity index is 915. The first-order valence-electron chi connectivity index (χ1n) is 8.05. The van der Waals surface area contributed by atoms with Crippen molar-refractivity contribution in [2.75, 3.05) is 10.6 Å². The lowest BCUT2D eigenvalue weighted by Crippen LogP contribution is -2.19. The van der Waals surface area contributed by atoms with E-state index in [1.807, 2.05) is 20.8 Å². The number of carboxylic acid groups (broad SMARTS) is 2. The van der Waals surface area contributed by atoms with Crippen LogP contribution in [0.4, 0.5) is 11.5 Å². The van der Waals surface area contributed by atoms with Crippen molar-refractivity contribution in [3.63, 3.8) is 0 Å². The third-order valence-electron chi connectivity index (χ3n) is 3.42. The quantitative estimate of drug-likeness (QED) is 0.344. The summed E-state index contributed by atoms with van der Waals surface area (Å²) in [7, 11) is 0. The SMILES string of the molecule is CC(C)(C)CC(=O)Nc1ccc2ncnc(NC=C(C(=O)O)C(=O)O)c2c1. The maximum absolute atomic E-state index is 12.1. The molecule has 2 aromatic rings. The Morgan fingerprint density at radius 3 is 2.37 bits per heavy atom. The number of aliphatic carboxylic acids is 2. The van der Waals surface area contributed by atoms with Crippen molar-refractivity contribution in [1.29, 1.82) is 0 Å². The first kappa shape index (κ1) is 19.8. The van der Waals surface area contributed by atoms with Crippen LogP contribution in [-0.4, -0.2) is 38.0 Å². The van der Waals surface area contributed by atoms with Crippen LogP contribution in [0, 0.1) is 5.41 Å². The first-order valence-corrected chi connectivity index (χ1v) is 8.05. The summed E-state index contributed by atoms with van der Waals surface area (Å²) in [5.41, 5.74) is 0.0691. The van der Waals surface area contributed by atoms with Gasteiger partial charge in [0, 0.05) is 23.7 Å². The molecular weight excluding hydrogens is 352 g/mol. The van der Waals surface area contributed by atoms with Crippen LogP contribution < -0.4 is 10.6 Å². The Labute approximate surface area is 155 Å². The molecule has 1 aromatic carbocycles. The molecule has 9 nitrogen and oxygen atoms in total. The molecular formula is C18H20N4O5. The maximum Gasteiger partial charge on any atom is 0.344 e. The van der Waals surface area contributed by atoms with Crippen molar-refractivity contribution in [3.05, 3.63) is 36.3 Å². The number of aromatic nitrogens is 2. The van der Waals surface area contributed by atoms with Crippen molar-refractivity contribution in [1.82, 2.24) is 9.97 Å². The monoisotopic (exact) mass is 372 g/mol. The molecule has 4 N–H and O–H groups in total. The highest BCUT2D eigenvalue weighted by Crippen LogP contribution is 2.25. The van der Waals surface area contributed by atoms with E-state index < -0.39 is 17.5 Å². The Kier molecular flexibility index (Phi) is 5.74. The van der Waals surface area contributed by atoms with Crippen molar-refractivity contribution in [3.8, 4) is 0 Å². The number of carbonyl (C=O) groups excluding carboxylic acids is 1. The summed E-state index contributed by atoms with van der Waals surface area (Å²) in [6, 6.07) is 5.00. The fourth-order valence-electron chi connectivity index (χ4n) is 2.29. The fraction of sp³-hybridized carbons (Fsp3) is 0.278. The highest BCUT2D eigenvalue weighted by molar-refractivity contribution is 6.12. The number of amides is 1. The van der Waals surface area contributed by atoms with Crippen molar-refractivity contribution in [2.45, 2.75) is 27.2 Å². The van der Waals surface area contributed by atoms with Crippen molar-refractivity contribution < 1.29 is 24.6 Å². The van der Waals surface area contributed by atoms with Gasteiger partial charge in [-0.15, -0.1) is 0 Å². The summed E-state index contributed by atoms with van der Waals surface area (Å²) in [6.07, 6.45) is 2.44. The Hall–Kier alpha value is -3.49. The molecule has 9 heteroatoms. The highest BCUT2D eigenvalue weighted by atomic mass is 16.4. The van der Waals surface area contributed by atoms with E-state index in [-0.39, 0.29) is 17.1 Å². The van der Waals surface area contributed by atoms with Gasteiger partial charge in [-0.2, -0.15) is 0 Å². The van der Waals surface area contributed by atoms with E-state index in [9.17, 15) is 14.4 Å². The number of fused-ring (bicyclic) bond motifs is 1. The van der Waals surface area contributed by atoms with Gasteiger partial charge in [0.15, 0.2) is 5.57 Å². The molecule has 142 valence electrons. The topological polar surface area (TPSA) is 142 Å². The summed E-state index contributed by atoms with van der Waals surface area (Å²) in [5, 5.41) is 23.7. The zero-order chi connectivity index (χ0) is 20.2. The van der Waals surface area contributed by atoms with E-state index in [1.54, 1.807) is 18.2 Å². The predicted molar refractivity (Wildman–Crippen MR) is 99.2 cm³/mol. The van der Waals surface area contributed by atoms with E-state index in [0.29, 0.717) is 23.0 Å². The molecule has 0 saturated carbocycles. The number of benzene rings is 1. The van der Waals surface area contributed by atoms with Crippen LogP contribution in [0.2, 0.25) is 0 Å². The molecule has 2 rings (SSSR count). The summed E-state index contributed by atoms with van der Waals surface area (Å²) >= 11 is 0. The number of carboxylic acids is 2. The van der Waals surface area contributed by atoms with Crippen LogP contribution in [0.5, 0.6) is 0 Å². The second-order valence-electron chi connectivity index (χ2n) is 7.05. The lowest BCUT2D eigenvalue weighted by atomic mass is 9.92. The molecule has 1 aromatic heterocycles. The Morgan fingerprint density at radius 2 is 1.78 bits per heavy atom. The van der Waals surface area contributed by atoms with Crippen molar-refractivity contribution in [2.24, 2.45) is 5.41 Å². The van der Waals surface area contributed by atoms with Crippen LogP contribution in [0.15, 0.2) is 36.3 Å². The molecule has 1 heterocycles. The Morgan fingerprint density at radius 1 is 1.11 bits per heavy atom. The lowest BCUT2D eigenvalue weighted by molar-refractivity contribution is -0.140. The minimum Gasteiger partial charge on any atom is -0.477 e. The van der Waals surface area contributed by atoms with Crippen LogP contribution in [0.25, 0.3) is 10.9 Å². The third kappa shape index (κ3) is 5.50. The van der Waals surface area contributed by atoms with Gasteiger partial charge in [-0.25, -0.2) is 19.6 Å². The van der Waals surface area contributed by atoms with Crippen LogP contribution >= 0.6 is 0 Å². The minimum absolute atomic E-state index is 0.146. The average Bonchev–Trinajstić information content (AvgIpc) is 2.52. The minimum atomic E-state index is -1.58. The van der Waals surface area contributed by atoms with Gasteiger partial charge in [0.1, 0.15) is 12.1 Å². The zero-order valence-electron chi connectivity index (χ0n) is 15.1. The molecule has 0 radical (unpaired) electrons. The van der Waals surface area contributed by atoms with Crippen LogP contribution in [0.1, 0.15) is 27.2 Å². The predicted octanol–water partition coefficient (Wildman–Crippen LogP) is 2.47. The van der Waals surface area contributed by atoms with Gasteiger partial charge in [0.05, 0.1) is 5.52 Å². The first-order chi connectivity index (χ1) is 12.6. The summed E-state index contributed by atoms with van der Waals surface area (Å²) < 4.78 is 0. The molecule has 0 saturated heterocycles. The number of hydrogen-bond donors (Lipinski definition) is 4. The van der Waals surface area contributed by atoms with Crippen molar-refractivity contribution >= 4 is 40.3 Å². The lowest BCUT2D eigenvalue weighted by Gasteiger charge is -2.17. The number of nitrogens with one attached hydrogen (secondary N) is 2. The number of nitrogens with zero attached hydrogens (tertiary/aromatic N) is 2. The van der Waals surface area contributed by atoms with E-state index in [4.69, 9.17) is 10.2 Å². The van der Waals surface area contributed by atoms with E-state index in [0.717, 1.165) is 6.20 Å². The van der Waals surface area contributed by atoms with Gasteiger partial charge in [-0.3, -0.25) is 4.79 Å². The van der Waals surface area contributed by atoms with E-state index >= 15 is 0 Å². The van der Waals surface area contributed by atoms with Gasteiger partial charge < -0.3 is 20.8 Å². The summed E-state index contributed by atoms with van der Waals surface area (Å²) in [4.78, 5) is 42.1. The molecule has 27 heavy (non-hydrogen) atoms. The highest BCUT2D eigenvalue weighted by Gasteiger charge is 2.17. The van der Waals surface area contributed by atoms with Gasteiger partial charge in [0.25, 0.3) is 0 Å². The van der Waals surface area contributed by atoms with Gasteiger partial charge in [0.2, 0.25) is 5.91 Å². The number of carbonyl (C=O) groups is 3. The molecule has 0 aliphatic heterocycles. The van der Waals surface area contributed by atoms with Crippen LogP contribution in [0.3, 0.4) is 0 Å². The average molecular weight is 372 g/mol. The van der Waals surface area contributed by atoms with E-state index in [2.05, 4.69) is 20.6 Å². The van der Waals surface area contributed by atoms with Gasteiger partial charge in [-0.05, 0) is 23.6 Å². The number of anilines is 2. The third-order valence-corrected chi connectivity index (χ3v) is 3.42. The summed E-state index contributed by atoms with van der Waals surface area (Å²) in [5.74, 6) is -3.09. The molecule has 0 aliphatic carbocycles. The smallest absolute Gasteiger partial charge is 0.344 e. The second-order valence-corrected chi connectivity index (χ2v) is 7.05. The molecule has 0 unspecified atom stereocenters. The number of rotatable bonds is 6. The van der Waals surface area contributed by atoms with Gasteiger partial charge >= 0.3 is 11.9 Å². The van der Waals surface area contributed by atoms with Gasteiger partial charge in [-0.1, -0.05) is 20.8 Å². The second kappa shape index (κ2) is 7.81. The van der Waals surface area contributed by atoms with E-state index in [1.165, 1.54) is 6.33 Å². The molecule has 0 bridgehead atoms. The molecule has 1 amide bonds. The Balaban J connectivity index is 2.33. The maximum atomic E-state index is 12.1. The standard InChI is InChI=1S/C18H20N4O5/c1-18(2,3)7-14(23)22-10-4-5-13-11(6-10)15(21-9-20-13)19-8-12(16(24)25)17(26)27/h4-6,8-9H,7H2,1-3H3,(H,22,23)(H,24,25)(H,26,27)(H,19,20,21). The molecule has 0 atom stereocenters. The largest absolute Gasteiger partial charge is 0.477 e. The normalized spacial score (nSPS) is 10.9. The molecule has 0 aliphatic rings. The molecule has 0 fully saturated rings.